The van der Waals surface area contributed by atoms with Crippen molar-refractivity contribution in [3.05, 3.63) is 34.4 Å². The molecule has 1 aromatic carbocycles. The lowest BCUT2D eigenvalue weighted by Crippen LogP contribution is -2.36. The van der Waals surface area contributed by atoms with E-state index < -0.39 is 0 Å². The Morgan fingerprint density at radius 2 is 1.60 bits per heavy atom. The van der Waals surface area contributed by atoms with Crippen LogP contribution in [0.5, 0.6) is 0 Å². The highest BCUT2D eigenvalue weighted by Gasteiger charge is 2.36. The zero-order valence-corrected chi connectivity index (χ0v) is 13.6. The number of hydrogen-bond acceptors (Lipinski definition) is 2. The van der Waals surface area contributed by atoms with Crippen molar-refractivity contribution in [3.8, 4) is 0 Å². The second kappa shape index (κ2) is 6.13. The van der Waals surface area contributed by atoms with Crippen molar-refractivity contribution in [1.82, 2.24) is 0 Å². The van der Waals surface area contributed by atoms with Crippen molar-refractivity contribution in [2.45, 2.75) is 45.8 Å². The van der Waals surface area contributed by atoms with Gasteiger partial charge in [-0.1, -0.05) is 0 Å². The third-order valence-electron chi connectivity index (χ3n) is 4.37. The van der Waals surface area contributed by atoms with E-state index in [1.54, 1.807) is 0 Å². The number of benzene rings is 1. The number of aryl methyl sites for hydroxylation is 2. The maximum atomic E-state index is 12.7. The quantitative estimate of drug-likeness (QED) is 0.633. The molecule has 1 aliphatic heterocycles. The van der Waals surface area contributed by atoms with Crippen LogP contribution in [0.1, 0.15) is 46.8 Å². The predicted molar refractivity (Wildman–Crippen MR) is 85.8 cm³/mol. The molecule has 108 valence electrons. The third-order valence-corrected chi connectivity index (χ3v) is 7.04. The van der Waals surface area contributed by atoms with Gasteiger partial charge in [0.2, 0.25) is 5.78 Å². The second-order valence-electron chi connectivity index (χ2n) is 5.73. The standard InChI is InChI=1S/C17H23O2S/c1-11-9-15(10-12(2)13(11)3)17(19)14(4)20-7-5-16(18)6-8-20/h9-10,14H,5-8H2,1-4H3/q+1. The van der Waals surface area contributed by atoms with E-state index in [1.807, 2.05) is 19.1 Å². The van der Waals surface area contributed by atoms with Gasteiger partial charge in [0.25, 0.3) is 0 Å². The molecule has 0 amide bonds. The fourth-order valence-electron chi connectivity index (χ4n) is 2.63. The fraction of sp³-hybridized carbons (Fsp3) is 0.529. The molecule has 20 heavy (non-hydrogen) atoms. The molecule has 2 nitrogen and oxygen atoms in total. The van der Waals surface area contributed by atoms with Crippen LogP contribution in [0, 0.1) is 20.8 Å². The van der Waals surface area contributed by atoms with Gasteiger partial charge in [0.1, 0.15) is 17.3 Å². The summed E-state index contributed by atoms with van der Waals surface area (Å²) in [5.41, 5.74) is 4.47. The molecule has 0 spiro atoms. The Labute approximate surface area is 124 Å². The van der Waals surface area contributed by atoms with Gasteiger partial charge in [0, 0.05) is 5.56 Å². The summed E-state index contributed by atoms with van der Waals surface area (Å²) in [5.74, 6) is 2.40. The van der Waals surface area contributed by atoms with Crippen LogP contribution >= 0.6 is 0 Å². The minimum atomic E-state index is 0.0459. The molecule has 1 saturated heterocycles. The van der Waals surface area contributed by atoms with Crippen LogP contribution in [-0.4, -0.2) is 28.3 Å². The van der Waals surface area contributed by atoms with Gasteiger partial charge in [-0.15, -0.1) is 0 Å². The Morgan fingerprint density at radius 1 is 1.10 bits per heavy atom. The molecule has 0 aromatic heterocycles. The third kappa shape index (κ3) is 3.14. The van der Waals surface area contributed by atoms with E-state index in [-0.39, 0.29) is 21.9 Å². The molecule has 2 rings (SSSR count). The number of rotatable bonds is 3. The first-order chi connectivity index (χ1) is 9.40. The number of Topliss-reactive ketones (excluding diaryl/α,β-unsaturated/α-hetero) is 2. The smallest absolute Gasteiger partial charge is 0.214 e. The van der Waals surface area contributed by atoms with Crippen LogP contribution in [0.2, 0.25) is 0 Å². The monoisotopic (exact) mass is 291 g/mol. The van der Waals surface area contributed by atoms with Crippen molar-refractivity contribution < 1.29 is 9.59 Å². The molecule has 3 heteroatoms. The van der Waals surface area contributed by atoms with Crippen molar-refractivity contribution in [2.75, 3.05) is 11.5 Å². The maximum absolute atomic E-state index is 12.7. The Morgan fingerprint density at radius 3 is 2.10 bits per heavy atom. The van der Waals surface area contributed by atoms with Crippen LogP contribution in [0.3, 0.4) is 0 Å². The number of carbonyl (C=O) groups is 2. The average Bonchev–Trinajstić information content (AvgIpc) is 2.43. The largest absolute Gasteiger partial charge is 0.299 e. The van der Waals surface area contributed by atoms with E-state index in [4.69, 9.17) is 0 Å². The zero-order valence-electron chi connectivity index (χ0n) is 12.8. The first-order valence-corrected chi connectivity index (χ1v) is 8.83. The van der Waals surface area contributed by atoms with Crippen LogP contribution in [0.4, 0.5) is 0 Å². The van der Waals surface area contributed by atoms with E-state index in [1.165, 1.54) is 16.7 Å². The molecule has 0 aliphatic carbocycles. The van der Waals surface area contributed by atoms with Gasteiger partial charge in [-0.25, -0.2) is 0 Å². The molecule has 1 heterocycles. The SMILES string of the molecule is Cc1cc(C(=O)C(C)[S+]2CCC(=O)CC2)cc(C)c1C. The van der Waals surface area contributed by atoms with Gasteiger partial charge in [0.05, 0.1) is 12.8 Å². The lowest BCUT2D eigenvalue weighted by Gasteiger charge is -2.19. The minimum Gasteiger partial charge on any atom is -0.299 e. The molecule has 1 aliphatic rings. The number of hydrogen-bond donors (Lipinski definition) is 0. The highest BCUT2D eigenvalue weighted by Crippen LogP contribution is 2.22. The van der Waals surface area contributed by atoms with Crippen LogP contribution < -0.4 is 0 Å². The molecule has 1 fully saturated rings. The van der Waals surface area contributed by atoms with E-state index in [9.17, 15) is 9.59 Å². The molecule has 0 radical (unpaired) electrons. The van der Waals surface area contributed by atoms with Crippen LogP contribution in [0.15, 0.2) is 12.1 Å². The molecule has 0 bridgehead atoms. The molecule has 1 unspecified atom stereocenters. The van der Waals surface area contributed by atoms with Gasteiger partial charge < -0.3 is 0 Å². The van der Waals surface area contributed by atoms with Crippen molar-refractivity contribution in [2.24, 2.45) is 0 Å². The number of ketones is 2. The van der Waals surface area contributed by atoms with E-state index in [0.717, 1.165) is 17.1 Å². The lowest BCUT2D eigenvalue weighted by atomic mass is 9.98. The van der Waals surface area contributed by atoms with Gasteiger partial charge >= 0.3 is 0 Å². The Balaban J connectivity index is 2.16. The first kappa shape index (κ1) is 15.3. The molecule has 1 aromatic rings. The van der Waals surface area contributed by atoms with Gasteiger partial charge in [-0.3, -0.25) is 9.59 Å². The summed E-state index contributed by atoms with van der Waals surface area (Å²) in [4.78, 5) is 24.0. The number of carbonyl (C=O) groups excluding carboxylic acids is 2. The lowest BCUT2D eigenvalue weighted by molar-refractivity contribution is -0.118. The summed E-state index contributed by atoms with van der Waals surface area (Å²) in [5, 5.41) is 0.0459. The van der Waals surface area contributed by atoms with Gasteiger partial charge in [0.15, 0.2) is 5.25 Å². The molecule has 0 saturated carbocycles. The topological polar surface area (TPSA) is 34.1 Å². The average molecular weight is 291 g/mol. The van der Waals surface area contributed by atoms with Crippen molar-refractivity contribution in [3.63, 3.8) is 0 Å². The Kier molecular flexibility index (Phi) is 4.69. The summed E-state index contributed by atoms with van der Waals surface area (Å²) in [6.07, 6.45) is 1.32. The van der Waals surface area contributed by atoms with E-state index >= 15 is 0 Å². The molecular formula is C17H23O2S+. The second-order valence-corrected chi connectivity index (χ2v) is 8.32. The zero-order chi connectivity index (χ0) is 14.9. The summed E-state index contributed by atoms with van der Waals surface area (Å²) >= 11 is 0. The predicted octanol–water partition coefficient (Wildman–Crippen LogP) is 3.16. The van der Waals surface area contributed by atoms with Gasteiger partial charge in [-0.2, -0.15) is 0 Å². The molecule has 1 atom stereocenters. The van der Waals surface area contributed by atoms with Crippen molar-refractivity contribution in [1.29, 1.82) is 0 Å². The summed E-state index contributed by atoms with van der Waals surface area (Å²) < 4.78 is 0. The maximum Gasteiger partial charge on any atom is 0.214 e. The van der Waals surface area contributed by atoms with Crippen LogP contribution in [0.25, 0.3) is 0 Å². The summed E-state index contributed by atoms with van der Waals surface area (Å²) in [6, 6.07) is 4.03. The van der Waals surface area contributed by atoms with E-state index in [0.29, 0.717) is 18.6 Å². The van der Waals surface area contributed by atoms with Crippen molar-refractivity contribution >= 4 is 22.5 Å². The Hall–Kier alpha value is -1.09. The molecular weight excluding hydrogens is 268 g/mol. The summed E-state index contributed by atoms with van der Waals surface area (Å²) in [7, 11) is 0.0704. The highest BCUT2D eigenvalue weighted by atomic mass is 32.2. The Bertz CT molecular complexity index is 515. The normalized spacial score (nSPS) is 18.1. The van der Waals surface area contributed by atoms with E-state index in [2.05, 4.69) is 20.8 Å². The highest BCUT2D eigenvalue weighted by molar-refractivity contribution is 7.98. The fourth-order valence-corrected chi connectivity index (χ4v) is 4.96. The first-order valence-electron chi connectivity index (χ1n) is 7.20. The van der Waals surface area contributed by atoms with Crippen LogP contribution in [-0.2, 0) is 15.7 Å². The molecule has 0 N–H and O–H groups in total. The minimum absolute atomic E-state index is 0.0459. The summed E-state index contributed by atoms with van der Waals surface area (Å²) in [6.45, 7) is 8.25. The van der Waals surface area contributed by atoms with Gasteiger partial charge in [-0.05, 0) is 67.4 Å².